The first-order valence-electron chi connectivity index (χ1n) is 12.0. The number of H-pyrrole nitrogens is 1. The summed E-state index contributed by atoms with van der Waals surface area (Å²) in [5.41, 5.74) is 1.72. The molecule has 0 spiro atoms. The van der Waals surface area contributed by atoms with Crippen molar-refractivity contribution in [3.63, 3.8) is 0 Å². The van der Waals surface area contributed by atoms with Crippen molar-refractivity contribution in [1.82, 2.24) is 9.88 Å². The number of amides is 1. The van der Waals surface area contributed by atoms with Gasteiger partial charge >= 0.3 is 0 Å². The molecule has 0 atom stereocenters. The van der Waals surface area contributed by atoms with Gasteiger partial charge in [-0.2, -0.15) is 0 Å². The van der Waals surface area contributed by atoms with Crippen molar-refractivity contribution in [1.29, 1.82) is 0 Å². The Morgan fingerprint density at radius 1 is 1.03 bits per heavy atom. The molecule has 5 aromatic rings. The summed E-state index contributed by atoms with van der Waals surface area (Å²) in [6.45, 7) is 1.31. The number of benzene rings is 3. The van der Waals surface area contributed by atoms with Crippen LogP contribution in [-0.4, -0.2) is 36.1 Å². The predicted molar refractivity (Wildman–Crippen MR) is 149 cm³/mol. The maximum Gasteiger partial charge on any atom is 0.266 e. The molecule has 0 radical (unpaired) electrons. The van der Waals surface area contributed by atoms with Crippen LogP contribution < -0.4 is 19.8 Å². The molecule has 2 aromatic heterocycles. The number of pyridine rings is 1. The van der Waals surface area contributed by atoms with Gasteiger partial charge in [0.1, 0.15) is 23.8 Å². The molecule has 192 valence electrons. The van der Waals surface area contributed by atoms with Crippen molar-refractivity contribution in [2.75, 3.05) is 20.3 Å². The third kappa shape index (κ3) is 4.57. The lowest BCUT2D eigenvalue weighted by Gasteiger charge is -2.23. The van der Waals surface area contributed by atoms with Crippen LogP contribution in [0.5, 0.6) is 17.2 Å². The molecule has 0 unspecified atom stereocenters. The number of fused-ring (bicyclic) bond motifs is 3. The smallest absolute Gasteiger partial charge is 0.266 e. The molecule has 1 aliphatic heterocycles. The van der Waals surface area contributed by atoms with Gasteiger partial charge < -0.3 is 24.1 Å². The Kier molecular flexibility index (Phi) is 6.43. The third-order valence-corrected chi connectivity index (χ3v) is 8.16. The number of carbonyl (C=O) groups is 1. The van der Waals surface area contributed by atoms with E-state index < -0.39 is 0 Å². The van der Waals surface area contributed by atoms with Crippen LogP contribution in [0, 0.1) is 0 Å². The van der Waals surface area contributed by atoms with Gasteiger partial charge in [-0.1, -0.05) is 41.9 Å². The van der Waals surface area contributed by atoms with Crippen LogP contribution in [0.2, 0.25) is 5.02 Å². The van der Waals surface area contributed by atoms with Crippen LogP contribution in [0.3, 0.4) is 0 Å². The fraction of sp³-hybridized carbons (Fsp3) is 0.172. The quantitative estimate of drug-likeness (QED) is 0.282. The van der Waals surface area contributed by atoms with Gasteiger partial charge in [-0.3, -0.25) is 9.59 Å². The van der Waals surface area contributed by atoms with Crippen molar-refractivity contribution < 1.29 is 19.0 Å². The second-order valence-electron chi connectivity index (χ2n) is 8.96. The highest BCUT2D eigenvalue weighted by Crippen LogP contribution is 2.37. The number of thiophene rings is 1. The third-order valence-electron chi connectivity index (χ3n) is 6.49. The summed E-state index contributed by atoms with van der Waals surface area (Å²) < 4.78 is 17.6. The lowest BCUT2D eigenvalue weighted by Crippen LogP contribution is -2.32. The maximum absolute atomic E-state index is 13.9. The highest BCUT2D eigenvalue weighted by Gasteiger charge is 2.24. The molecular weight excluding hydrogens is 524 g/mol. The van der Waals surface area contributed by atoms with E-state index in [0.29, 0.717) is 45.7 Å². The minimum Gasteiger partial charge on any atom is -0.497 e. The molecule has 0 saturated heterocycles. The molecular formula is C29H23ClN2O5S. The zero-order chi connectivity index (χ0) is 26.2. The van der Waals surface area contributed by atoms with Crippen molar-refractivity contribution >= 4 is 49.8 Å². The first-order valence-corrected chi connectivity index (χ1v) is 13.2. The predicted octanol–water partition coefficient (Wildman–Crippen LogP) is 6.02. The Bertz CT molecular complexity index is 1730. The van der Waals surface area contributed by atoms with E-state index in [-0.39, 0.29) is 24.6 Å². The molecule has 3 aromatic carbocycles. The topological polar surface area (TPSA) is 80.9 Å². The molecule has 6 rings (SSSR count). The Labute approximate surface area is 227 Å². The molecule has 1 N–H and O–H groups in total. The zero-order valence-corrected chi connectivity index (χ0v) is 22.0. The molecule has 7 nitrogen and oxygen atoms in total. The SMILES string of the molecule is COc1ccc(CN(Cc2cc3cc4c(cc3[nH]c2=O)OCCO4)C(=O)c2sc3ccccc3c2Cl)cc1. The Morgan fingerprint density at radius 2 is 1.76 bits per heavy atom. The number of hydrogen-bond donors (Lipinski definition) is 1. The van der Waals surface area contributed by atoms with Crippen LogP contribution in [0.15, 0.2) is 71.5 Å². The number of carbonyl (C=O) groups excluding carboxylic acids is 1. The van der Waals surface area contributed by atoms with Gasteiger partial charge in [0.05, 0.1) is 24.2 Å². The van der Waals surface area contributed by atoms with Gasteiger partial charge in [-0.15, -0.1) is 11.3 Å². The number of rotatable bonds is 6. The number of aromatic nitrogens is 1. The van der Waals surface area contributed by atoms with E-state index in [2.05, 4.69) is 4.98 Å². The van der Waals surface area contributed by atoms with E-state index in [1.165, 1.54) is 11.3 Å². The number of ether oxygens (including phenoxy) is 3. The van der Waals surface area contributed by atoms with Crippen molar-refractivity contribution in [2.45, 2.75) is 13.1 Å². The summed E-state index contributed by atoms with van der Waals surface area (Å²) in [5, 5.41) is 2.05. The molecule has 0 aliphatic carbocycles. The molecule has 3 heterocycles. The van der Waals surface area contributed by atoms with Crippen molar-refractivity contribution in [3.8, 4) is 17.2 Å². The maximum atomic E-state index is 13.9. The Balaban J connectivity index is 1.39. The Hall–Kier alpha value is -4.01. The highest BCUT2D eigenvalue weighted by atomic mass is 35.5. The van der Waals surface area contributed by atoms with Crippen LogP contribution in [0.1, 0.15) is 20.8 Å². The summed E-state index contributed by atoms with van der Waals surface area (Å²) in [4.78, 5) is 32.1. The first-order chi connectivity index (χ1) is 18.5. The average Bonchev–Trinajstić information content (AvgIpc) is 3.28. The summed E-state index contributed by atoms with van der Waals surface area (Å²) in [6, 6.07) is 20.6. The molecule has 0 fully saturated rings. The lowest BCUT2D eigenvalue weighted by atomic mass is 10.1. The van der Waals surface area contributed by atoms with E-state index >= 15 is 0 Å². The number of hydrogen-bond acceptors (Lipinski definition) is 6. The van der Waals surface area contributed by atoms with Gasteiger partial charge in [-0.05, 0) is 35.9 Å². The largest absolute Gasteiger partial charge is 0.497 e. The number of nitrogens with zero attached hydrogens (tertiary/aromatic N) is 1. The molecule has 1 amide bonds. The second kappa shape index (κ2) is 10.0. The lowest BCUT2D eigenvalue weighted by molar-refractivity contribution is 0.0734. The van der Waals surface area contributed by atoms with E-state index in [9.17, 15) is 9.59 Å². The van der Waals surface area contributed by atoms with E-state index in [1.54, 1.807) is 24.1 Å². The summed E-state index contributed by atoms with van der Waals surface area (Å²) >= 11 is 8.02. The minimum absolute atomic E-state index is 0.0924. The van der Waals surface area contributed by atoms with E-state index in [1.807, 2.05) is 54.6 Å². The summed E-state index contributed by atoms with van der Waals surface area (Å²) in [5.74, 6) is 1.71. The van der Waals surface area contributed by atoms with Crippen LogP contribution >= 0.6 is 22.9 Å². The van der Waals surface area contributed by atoms with Gasteiger partial charge in [0.15, 0.2) is 11.5 Å². The fourth-order valence-corrected chi connectivity index (χ4v) is 6.04. The first kappa shape index (κ1) is 24.3. The molecule has 9 heteroatoms. The summed E-state index contributed by atoms with van der Waals surface area (Å²) in [7, 11) is 1.61. The van der Waals surface area contributed by atoms with Crippen molar-refractivity contribution in [3.05, 3.63) is 98.1 Å². The number of nitrogens with one attached hydrogen (secondary N) is 1. The van der Waals surface area contributed by atoms with E-state index in [4.69, 9.17) is 25.8 Å². The average molecular weight is 547 g/mol. The molecule has 1 aliphatic rings. The standard InChI is InChI=1S/C29H23ClN2O5S/c1-35-20-8-6-17(7-9-20)15-32(29(34)27-26(30)21-4-2-3-5-25(21)38-27)16-19-12-18-13-23-24(37-11-10-36-23)14-22(18)31-28(19)33/h2-9,12-14H,10-11,15-16H2,1H3,(H,31,33). The summed E-state index contributed by atoms with van der Waals surface area (Å²) in [6.07, 6.45) is 0. The number of aromatic amines is 1. The zero-order valence-electron chi connectivity index (χ0n) is 20.5. The Morgan fingerprint density at radius 3 is 2.50 bits per heavy atom. The van der Waals surface area contributed by atoms with E-state index in [0.717, 1.165) is 26.8 Å². The normalized spacial score (nSPS) is 12.6. The number of methoxy groups -OCH3 is 1. The van der Waals surface area contributed by atoms with Crippen molar-refractivity contribution in [2.24, 2.45) is 0 Å². The molecule has 0 saturated carbocycles. The highest BCUT2D eigenvalue weighted by molar-refractivity contribution is 7.21. The fourth-order valence-electron chi connectivity index (χ4n) is 4.56. The van der Waals surface area contributed by atoms with Crippen LogP contribution in [0.4, 0.5) is 0 Å². The molecule has 38 heavy (non-hydrogen) atoms. The van der Waals surface area contributed by atoms with Crippen LogP contribution in [0.25, 0.3) is 21.0 Å². The monoisotopic (exact) mass is 546 g/mol. The molecule has 0 bridgehead atoms. The van der Waals surface area contributed by atoms with Gasteiger partial charge in [0.25, 0.3) is 11.5 Å². The second-order valence-corrected chi connectivity index (χ2v) is 10.4. The van der Waals surface area contributed by atoms with Gasteiger partial charge in [0.2, 0.25) is 0 Å². The minimum atomic E-state index is -0.274. The van der Waals surface area contributed by atoms with Gasteiger partial charge in [-0.25, -0.2) is 0 Å². The number of halogens is 1. The van der Waals surface area contributed by atoms with Crippen LogP contribution in [-0.2, 0) is 13.1 Å². The van der Waals surface area contributed by atoms with Gasteiger partial charge in [0, 0.05) is 33.6 Å².